The molecule has 7 unspecified atom stereocenters. The van der Waals surface area contributed by atoms with Crippen LogP contribution in [-0.4, -0.2) is 51.2 Å². The number of nitrogens with zero attached hydrogens (tertiary/aromatic N) is 1. The molecular weight excluding hydrogens is 494 g/mol. The molecule has 10 heteroatoms. The number of ether oxygens (including phenoxy) is 2. The van der Waals surface area contributed by atoms with Crippen LogP contribution in [0, 0.1) is 38.7 Å². The number of benzene rings is 1. The first-order valence-corrected chi connectivity index (χ1v) is 13.2. The number of nitro benzene ring substituents is 1. The van der Waals surface area contributed by atoms with Gasteiger partial charge in [-0.3, -0.25) is 19.7 Å². The minimum absolute atomic E-state index is 0.00733. The molecule has 0 aliphatic heterocycles. The number of hydrogen-bond donors (Lipinski definition) is 2. The molecule has 0 spiro atoms. The normalized spacial score (nSPS) is 37.8. The van der Waals surface area contributed by atoms with E-state index in [4.69, 9.17) is 9.47 Å². The van der Waals surface area contributed by atoms with Gasteiger partial charge in [-0.05, 0) is 79.9 Å². The molecule has 3 saturated carbocycles. The Morgan fingerprint density at radius 3 is 2.53 bits per heavy atom. The number of carbonyl (C=O) groups is 3. The third kappa shape index (κ3) is 4.05. The Bertz CT molecular complexity index is 1210. The lowest BCUT2D eigenvalue weighted by atomic mass is 9.45. The zero-order valence-corrected chi connectivity index (χ0v) is 21.6. The van der Waals surface area contributed by atoms with Gasteiger partial charge in [-0.1, -0.05) is 19.4 Å². The van der Waals surface area contributed by atoms with Crippen LogP contribution in [-0.2, 0) is 14.3 Å². The summed E-state index contributed by atoms with van der Waals surface area (Å²) in [5.41, 5.74) is -1.98. The van der Waals surface area contributed by atoms with E-state index in [2.05, 4.69) is 6.92 Å². The zero-order chi connectivity index (χ0) is 27.5. The summed E-state index contributed by atoms with van der Waals surface area (Å²) in [7, 11) is 0. The van der Waals surface area contributed by atoms with E-state index in [1.54, 1.807) is 6.08 Å². The van der Waals surface area contributed by atoms with Gasteiger partial charge in [0, 0.05) is 24.0 Å². The van der Waals surface area contributed by atoms with Crippen LogP contribution in [0.25, 0.3) is 0 Å². The number of carbonyl (C=O) groups excluding carboxylic acids is 3. The van der Waals surface area contributed by atoms with Crippen LogP contribution in [0.2, 0.25) is 0 Å². The molecular formula is C28H33NO9. The average molecular weight is 528 g/mol. The first-order valence-electron chi connectivity index (χ1n) is 13.2. The lowest BCUT2D eigenvalue weighted by Gasteiger charge is -2.60. The summed E-state index contributed by atoms with van der Waals surface area (Å²) in [6, 6.07) is 4.83. The first-order chi connectivity index (χ1) is 17.9. The molecule has 0 radical (unpaired) electrons. The summed E-state index contributed by atoms with van der Waals surface area (Å²) in [5, 5.41) is 33.9. The van der Waals surface area contributed by atoms with Gasteiger partial charge in [0.1, 0.15) is 11.4 Å². The van der Waals surface area contributed by atoms with Gasteiger partial charge in [-0.15, -0.1) is 0 Å². The maximum atomic E-state index is 13.3. The largest absolute Gasteiger partial charge is 0.514 e. The van der Waals surface area contributed by atoms with E-state index >= 15 is 0 Å². The number of non-ortho nitro benzene ring substituents is 1. The van der Waals surface area contributed by atoms with Crippen molar-refractivity contribution in [1.82, 2.24) is 0 Å². The van der Waals surface area contributed by atoms with E-state index in [1.807, 2.05) is 6.92 Å². The Morgan fingerprint density at radius 2 is 1.84 bits per heavy atom. The van der Waals surface area contributed by atoms with Crippen LogP contribution in [0.4, 0.5) is 10.5 Å². The number of ketones is 2. The molecule has 0 saturated heterocycles. The first kappa shape index (κ1) is 26.5. The van der Waals surface area contributed by atoms with E-state index in [0.717, 1.165) is 18.4 Å². The summed E-state index contributed by atoms with van der Waals surface area (Å²) in [4.78, 5) is 47.7. The van der Waals surface area contributed by atoms with E-state index in [9.17, 15) is 34.7 Å². The van der Waals surface area contributed by atoms with Gasteiger partial charge in [0.2, 0.25) is 5.78 Å². The second-order valence-electron chi connectivity index (χ2n) is 11.8. The van der Waals surface area contributed by atoms with Crippen LogP contribution in [0.5, 0.6) is 5.75 Å². The van der Waals surface area contributed by atoms with Gasteiger partial charge in [0.05, 0.1) is 11.0 Å². The standard InChI is InChI=1S/C28H33NO9/c1-26-11-9-18(30)13-16(26)3-8-20-21-10-12-28(34,27(21,2)14-22(31)24(20)26)23(32)15-37-25(33)38-19-6-4-17(5-7-19)29(35)36/h4-7,13,20-22,24,31,34H,3,8-12,14-15H2,1-2H3. The fourth-order valence-corrected chi connectivity index (χ4v) is 8.16. The minimum atomic E-state index is -1.77. The Kier molecular flexibility index (Phi) is 6.46. The molecule has 5 rings (SSSR count). The molecule has 2 N–H and O–H groups in total. The van der Waals surface area contributed by atoms with Gasteiger partial charge in [0.25, 0.3) is 5.69 Å². The average Bonchev–Trinajstić information content (AvgIpc) is 3.14. The third-order valence-electron chi connectivity index (χ3n) is 10.1. The molecule has 0 heterocycles. The van der Waals surface area contributed by atoms with Crippen molar-refractivity contribution >= 4 is 23.4 Å². The maximum absolute atomic E-state index is 13.3. The van der Waals surface area contributed by atoms with Crippen molar-refractivity contribution in [3.8, 4) is 5.75 Å². The number of aliphatic hydroxyl groups is 2. The summed E-state index contributed by atoms with van der Waals surface area (Å²) >= 11 is 0. The van der Waals surface area contributed by atoms with Gasteiger partial charge in [-0.25, -0.2) is 4.79 Å². The Labute approximate surface area is 220 Å². The van der Waals surface area contributed by atoms with E-state index in [-0.39, 0.29) is 53.2 Å². The van der Waals surface area contributed by atoms with Gasteiger partial charge in [0.15, 0.2) is 12.4 Å². The lowest BCUT2D eigenvalue weighted by Crippen LogP contribution is -2.62. The molecule has 7 atom stereocenters. The zero-order valence-electron chi connectivity index (χ0n) is 21.6. The number of nitro groups is 1. The van der Waals surface area contributed by atoms with Crippen LogP contribution in [0.15, 0.2) is 35.9 Å². The topological polar surface area (TPSA) is 153 Å². The van der Waals surface area contributed by atoms with Crippen molar-refractivity contribution in [2.24, 2.45) is 28.6 Å². The van der Waals surface area contributed by atoms with Crippen molar-refractivity contribution < 1.29 is 39.0 Å². The number of hydrogen-bond acceptors (Lipinski definition) is 9. The molecule has 38 heavy (non-hydrogen) atoms. The highest BCUT2D eigenvalue weighted by atomic mass is 16.7. The molecule has 3 fully saturated rings. The third-order valence-corrected chi connectivity index (χ3v) is 10.1. The van der Waals surface area contributed by atoms with Gasteiger partial charge >= 0.3 is 6.16 Å². The van der Waals surface area contributed by atoms with E-state index in [1.165, 1.54) is 24.3 Å². The molecule has 4 aliphatic carbocycles. The minimum Gasteiger partial charge on any atom is -0.426 e. The van der Waals surface area contributed by atoms with Crippen molar-refractivity contribution in [3.05, 3.63) is 46.0 Å². The second kappa shape index (κ2) is 9.27. The van der Waals surface area contributed by atoms with Crippen LogP contribution >= 0.6 is 0 Å². The Balaban J connectivity index is 1.28. The second-order valence-corrected chi connectivity index (χ2v) is 11.8. The monoisotopic (exact) mass is 527 g/mol. The molecule has 0 aromatic heterocycles. The summed E-state index contributed by atoms with van der Waals surface area (Å²) in [5.74, 6) is -0.413. The summed E-state index contributed by atoms with van der Waals surface area (Å²) in [6.45, 7) is 3.31. The van der Waals surface area contributed by atoms with Crippen molar-refractivity contribution in [3.63, 3.8) is 0 Å². The van der Waals surface area contributed by atoms with Crippen molar-refractivity contribution in [2.75, 3.05) is 6.61 Å². The molecule has 0 bridgehead atoms. The van der Waals surface area contributed by atoms with Crippen LogP contribution < -0.4 is 4.74 Å². The number of aliphatic hydroxyl groups excluding tert-OH is 1. The molecule has 0 amide bonds. The van der Waals surface area contributed by atoms with Crippen molar-refractivity contribution in [2.45, 2.75) is 70.5 Å². The molecule has 204 valence electrons. The van der Waals surface area contributed by atoms with E-state index in [0.29, 0.717) is 19.3 Å². The molecule has 10 nitrogen and oxygen atoms in total. The maximum Gasteiger partial charge on any atom is 0.514 e. The van der Waals surface area contributed by atoms with Crippen LogP contribution in [0.3, 0.4) is 0 Å². The van der Waals surface area contributed by atoms with Gasteiger partial charge < -0.3 is 19.7 Å². The summed E-state index contributed by atoms with van der Waals surface area (Å²) in [6.07, 6.45) is 3.66. The Hall–Kier alpha value is -3.11. The van der Waals surface area contributed by atoms with E-state index < -0.39 is 40.6 Å². The van der Waals surface area contributed by atoms with Crippen LogP contribution in [0.1, 0.15) is 58.8 Å². The summed E-state index contributed by atoms with van der Waals surface area (Å²) < 4.78 is 10.0. The lowest BCUT2D eigenvalue weighted by molar-refractivity contribution is -0.384. The highest BCUT2D eigenvalue weighted by molar-refractivity contribution is 5.92. The number of rotatable bonds is 5. The fourth-order valence-electron chi connectivity index (χ4n) is 8.16. The predicted molar refractivity (Wildman–Crippen MR) is 133 cm³/mol. The molecule has 1 aromatic carbocycles. The van der Waals surface area contributed by atoms with Crippen molar-refractivity contribution in [1.29, 1.82) is 0 Å². The smallest absolute Gasteiger partial charge is 0.426 e. The highest BCUT2D eigenvalue weighted by Gasteiger charge is 2.68. The predicted octanol–water partition coefficient (Wildman–Crippen LogP) is 3.91. The SMILES string of the molecule is CC12CCC(=O)C=C1CCC1C2C(O)CC2(C)C1CCC2(O)C(=O)COC(=O)Oc1ccc([N+](=O)[O-])cc1. The molecule has 4 aliphatic rings. The number of fused-ring (bicyclic) bond motifs is 5. The fraction of sp³-hybridized carbons (Fsp3) is 0.607. The molecule has 1 aromatic rings. The highest BCUT2D eigenvalue weighted by Crippen LogP contribution is 2.67. The number of Topliss-reactive ketones (excluding diaryl/α,β-unsaturated/α-hetero) is 1. The van der Waals surface area contributed by atoms with Gasteiger partial charge in [-0.2, -0.15) is 0 Å². The number of allylic oxidation sites excluding steroid dienone is 1. The quantitative estimate of drug-likeness (QED) is 0.251. The Morgan fingerprint density at radius 1 is 1.13 bits per heavy atom.